The first-order chi connectivity index (χ1) is 15.0. The van der Waals surface area contributed by atoms with E-state index >= 15 is 0 Å². The molecule has 0 aliphatic rings. The van der Waals surface area contributed by atoms with Crippen LogP contribution in [0.15, 0.2) is 66.1 Å². The summed E-state index contributed by atoms with van der Waals surface area (Å²) >= 11 is 5.96. The van der Waals surface area contributed by atoms with E-state index in [2.05, 4.69) is 11.3 Å². The fraction of sp³-hybridized carbons (Fsp3) is 0.200. The van der Waals surface area contributed by atoms with Crippen molar-refractivity contribution in [1.82, 2.24) is 5.32 Å². The average molecular weight is 491 g/mol. The molecular weight excluding hydrogens is 473 g/mol. The zero-order valence-corrected chi connectivity index (χ0v) is 18.0. The van der Waals surface area contributed by atoms with Gasteiger partial charge in [0.1, 0.15) is 6.54 Å². The van der Waals surface area contributed by atoms with Gasteiger partial charge >= 0.3 is 12.1 Å². The molecule has 32 heavy (non-hydrogen) atoms. The van der Waals surface area contributed by atoms with E-state index in [4.69, 9.17) is 11.6 Å². The number of benzene rings is 2. The SMILES string of the molecule is C=CCN(c1ccccc1)S(=O)(=O)c1ccc(Cl)c(C(=O)OCC(=O)NCC(F)(F)F)c1. The Morgan fingerprint density at radius 1 is 1.16 bits per heavy atom. The molecule has 2 aromatic carbocycles. The Labute approximate surface area is 187 Å². The lowest BCUT2D eigenvalue weighted by Crippen LogP contribution is -2.36. The Kier molecular flexibility index (Phi) is 8.28. The Morgan fingerprint density at radius 2 is 1.81 bits per heavy atom. The van der Waals surface area contributed by atoms with E-state index < -0.39 is 41.2 Å². The Bertz CT molecular complexity index is 1090. The number of esters is 1. The van der Waals surface area contributed by atoms with Gasteiger partial charge in [-0.2, -0.15) is 13.2 Å². The molecule has 0 saturated heterocycles. The van der Waals surface area contributed by atoms with Crippen molar-refractivity contribution in [2.45, 2.75) is 11.1 Å². The number of carbonyl (C=O) groups excluding carboxylic acids is 2. The van der Waals surface area contributed by atoms with Crippen LogP contribution in [-0.2, 0) is 19.6 Å². The quantitative estimate of drug-likeness (QED) is 0.428. The molecule has 0 saturated carbocycles. The molecule has 0 heterocycles. The number of carbonyl (C=O) groups is 2. The zero-order chi connectivity index (χ0) is 23.9. The van der Waals surface area contributed by atoms with Crippen molar-refractivity contribution in [1.29, 1.82) is 0 Å². The molecule has 0 fully saturated rings. The van der Waals surface area contributed by atoms with E-state index in [0.29, 0.717) is 5.69 Å². The third-order valence-corrected chi connectivity index (χ3v) is 6.02. The normalized spacial score (nSPS) is 11.5. The van der Waals surface area contributed by atoms with Gasteiger partial charge in [0.15, 0.2) is 6.61 Å². The van der Waals surface area contributed by atoms with E-state index in [1.54, 1.807) is 35.6 Å². The minimum absolute atomic E-state index is 0.0614. The highest BCUT2D eigenvalue weighted by atomic mass is 35.5. The Hall–Kier alpha value is -3.05. The summed E-state index contributed by atoms with van der Waals surface area (Å²) in [7, 11) is -4.15. The van der Waals surface area contributed by atoms with Gasteiger partial charge in [-0.15, -0.1) is 6.58 Å². The van der Waals surface area contributed by atoms with Gasteiger partial charge in [-0.3, -0.25) is 9.10 Å². The van der Waals surface area contributed by atoms with Gasteiger partial charge in [0, 0.05) is 0 Å². The van der Waals surface area contributed by atoms with Crippen molar-refractivity contribution in [2.24, 2.45) is 0 Å². The van der Waals surface area contributed by atoms with Crippen LogP contribution in [0, 0.1) is 0 Å². The van der Waals surface area contributed by atoms with Crippen LogP contribution in [0.2, 0.25) is 5.02 Å². The number of ether oxygens (including phenoxy) is 1. The molecule has 2 aromatic rings. The van der Waals surface area contributed by atoms with Crippen molar-refractivity contribution in [3.8, 4) is 0 Å². The largest absolute Gasteiger partial charge is 0.452 e. The van der Waals surface area contributed by atoms with Crippen molar-refractivity contribution >= 4 is 39.2 Å². The first-order valence-electron chi connectivity index (χ1n) is 8.94. The molecular formula is C20H18ClF3N2O5S. The van der Waals surface area contributed by atoms with Crippen LogP contribution in [0.25, 0.3) is 0 Å². The number of alkyl halides is 3. The molecule has 1 amide bonds. The minimum Gasteiger partial charge on any atom is -0.452 e. The molecule has 0 atom stereocenters. The predicted molar refractivity (Wildman–Crippen MR) is 112 cm³/mol. The number of amides is 1. The van der Waals surface area contributed by atoms with Crippen LogP contribution in [0.3, 0.4) is 0 Å². The smallest absolute Gasteiger partial charge is 0.405 e. The van der Waals surface area contributed by atoms with Gasteiger partial charge in [-0.05, 0) is 30.3 Å². The molecule has 2 rings (SSSR count). The maximum Gasteiger partial charge on any atom is 0.405 e. The number of para-hydroxylation sites is 1. The molecule has 0 aromatic heterocycles. The number of rotatable bonds is 9. The van der Waals surface area contributed by atoms with Gasteiger partial charge in [-0.1, -0.05) is 35.9 Å². The topological polar surface area (TPSA) is 92.8 Å². The zero-order valence-electron chi connectivity index (χ0n) is 16.4. The van der Waals surface area contributed by atoms with Crippen molar-refractivity contribution < 1.29 is 35.9 Å². The summed E-state index contributed by atoms with van der Waals surface area (Å²) in [5.74, 6) is -2.36. The van der Waals surface area contributed by atoms with Gasteiger partial charge in [0.25, 0.3) is 15.9 Å². The molecule has 0 aliphatic carbocycles. The predicted octanol–water partition coefficient (Wildman–Crippen LogP) is 3.56. The fourth-order valence-corrected chi connectivity index (χ4v) is 4.12. The van der Waals surface area contributed by atoms with E-state index in [1.165, 1.54) is 12.1 Å². The monoisotopic (exact) mass is 490 g/mol. The number of halogens is 4. The van der Waals surface area contributed by atoms with Gasteiger partial charge < -0.3 is 10.1 Å². The lowest BCUT2D eigenvalue weighted by atomic mass is 10.2. The molecule has 0 radical (unpaired) electrons. The second-order valence-corrected chi connectivity index (χ2v) is 8.54. The van der Waals surface area contributed by atoms with Crippen LogP contribution >= 0.6 is 11.6 Å². The van der Waals surface area contributed by atoms with Crippen LogP contribution in [0.1, 0.15) is 10.4 Å². The third kappa shape index (κ3) is 6.72. The van der Waals surface area contributed by atoms with Crippen LogP contribution in [0.4, 0.5) is 18.9 Å². The number of nitrogens with zero attached hydrogens (tertiary/aromatic N) is 1. The summed E-state index contributed by atoms with van der Waals surface area (Å²) in [6.45, 7) is 0.901. The molecule has 172 valence electrons. The Balaban J connectivity index is 2.24. The summed E-state index contributed by atoms with van der Waals surface area (Å²) in [4.78, 5) is 23.4. The molecule has 7 nitrogen and oxygen atoms in total. The number of nitrogens with one attached hydrogen (secondary N) is 1. The number of sulfonamides is 1. The van der Waals surface area contributed by atoms with Gasteiger partial charge in [0.2, 0.25) is 0 Å². The Morgan fingerprint density at radius 3 is 2.41 bits per heavy atom. The van der Waals surface area contributed by atoms with Gasteiger partial charge in [-0.25, -0.2) is 13.2 Å². The van der Waals surface area contributed by atoms with Crippen molar-refractivity contribution in [2.75, 3.05) is 24.0 Å². The molecule has 0 aliphatic heterocycles. The summed E-state index contributed by atoms with van der Waals surface area (Å²) in [6, 6.07) is 11.5. The van der Waals surface area contributed by atoms with Crippen molar-refractivity contribution in [3.63, 3.8) is 0 Å². The van der Waals surface area contributed by atoms with E-state index in [0.717, 1.165) is 16.4 Å². The maximum absolute atomic E-state index is 13.2. The maximum atomic E-state index is 13.2. The highest BCUT2D eigenvalue weighted by Crippen LogP contribution is 2.27. The summed E-state index contributed by atoms with van der Waals surface area (Å²) in [5.41, 5.74) is -0.0178. The second-order valence-electron chi connectivity index (χ2n) is 6.27. The first kappa shape index (κ1) is 25.2. The van der Waals surface area contributed by atoms with Crippen LogP contribution in [-0.4, -0.2) is 46.2 Å². The van der Waals surface area contributed by atoms with E-state index in [1.807, 2.05) is 0 Å². The summed E-state index contributed by atoms with van der Waals surface area (Å²) in [6.07, 6.45) is -3.24. The minimum atomic E-state index is -4.62. The third-order valence-electron chi connectivity index (χ3n) is 3.91. The highest BCUT2D eigenvalue weighted by molar-refractivity contribution is 7.92. The fourth-order valence-electron chi connectivity index (χ4n) is 2.46. The average Bonchev–Trinajstić information content (AvgIpc) is 2.74. The highest BCUT2D eigenvalue weighted by Gasteiger charge is 2.28. The summed E-state index contributed by atoms with van der Waals surface area (Å²) in [5, 5.41) is 1.37. The number of hydrogen-bond donors (Lipinski definition) is 1. The molecule has 1 N–H and O–H groups in total. The van der Waals surface area contributed by atoms with Crippen molar-refractivity contribution in [3.05, 3.63) is 71.8 Å². The lowest BCUT2D eigenvalue weighted by molar-refractivity contribution is -0.140. The number of hydrogen-bond acceptors (Lipinski definition) is 5. The molecule has 0 spiro atoms. The van der Waals surface area contributed by atoms with Crippen LogP contribution < -0.4 is 9.62 Å². The first-order valence-corrected chi connectivity index (χ1v) is 10.8. The second kappa shape index (κ2) is 10.5. The molecule has 0 bridgehead atoms. The standard InChI is InChI=1S/C20H18ClF3N2O5S/c1-2-10-26(14-6-4-3-5-7-14)32(29,30)15-8-9-17(21)16(11-15)19(28)31-12-18(27)25-13-20(22,23)24/h2-9,11H,1,10,12-13H2,(H,25,27). The molecule has 12 heteroatoms. The number of anilines is 1. The lowest BCUT2D eigenvalue weighted by Gasteiger charge is -2.23. The molecule has 0 unspecified atom stereocenters. The van der Waals surface area contributed by atoms with Gasteiger partial charge in [0.05, 0.1) is 27.7 Å². The summed E-state index contributed by atoms with van der Waals surface area (Å²) < 4.78 is 68.4. The van der Waals surface area contributed by atoms with E-state index in [-0.39, 0.29) is 22.0 Å². The van der Waals surface area contributed by atoms with E-state index in [9.17, 15) is 31.2 Å². The van der Waals surface area contributed by atoms with Crippen LogP contribution in [0.5, 0.6) is 0 Å².